The van der Waals surface area contributed by atoms with Crippen molar-refractivity contribution in [3.8, 4) is 0 Å². The number of aliphatic imine (C=N–C) groups is 1. The van der Waals surface area contributed by atoms with Crippen LogP contribution in [0.5, 0.6) is 0 Å². The molecule has 3 N–H and O–H groups in total. The molecule has 0 saturated carbocycles. The summed E-state index contributed by atoms with van der Waals surface area (Å²) < 4.78 is 44.7. The standard InChI is InChI=1S/C17H20F3N3O3/c1-3-22-15(13(9-21)16(19)20)10-6-11(8-12(18)7-10)17(25)23-5-4-14(24)26-2/h6-9,16H,3-5,21H2,1-2H3,(H,23,25). The van der Waals surface area contributed by atoms with Crippen LogP contribution in [-0.2, 0) is 9.53 Å². The lowest BCUT2D eigenvalue weighted by atomic mass is 10.00. The number of alkyl halides is 2. The van der Waals surface area contributed by atoms with E-state index in [-0.39, 0.29) is 36.3 Å². The average Bonchev–Trinajstić information content (AvgIpc) is 2.60. The van der Waals surface area contributed by atoms with Gasteiger partial charge in [0, 0.05) is 30.4 Å². The number of carbonyl (C=O) groups is 2. The fraction of sp³-hybridized carbons (Fsp3) is 0.353. The molecule has 0 aliphatic rings. The van der Waals surface area contributed by atoms with Crippen molar-refractivity contribution in [3.05, 3.63) is 46.9 Å². The molecule has 0 aliphatic carbocycles. The molecular formula is C17H20F3N3O3. The van der Waals surface area contributed by atoms with E-state index in [0.717, 1.165) is 12.1 Å². The van der Waals surface area contributed by atoms with Crippen LogP contribution in [0.25, 0.3) is 0 Å². The number of rotatable bonds is 8. The lowest BCUT2D eigenvalue weighted by molar-refractivity contribution is -0.140. The van der Waals surface area contributed by atoms with Crippen molar-refractivity contribution in [2.45, 2.75) is 19.8 Å². The number of amides is 1. The second-order valence-corrected chi connectivity index (χ2v) is 5.06. The summed E-state index contributed by atoms with van der Waals surface area (Å²) in [4.78, 5) is 27.1. The van der Waals surface area contributed by atoms with E-state index in [2.05, 4.69) is 15.0 Å². The van der Waals surface area contributed by atoms with Gasteiger partial charge in [-0.05, 0) is 25.1 Å². The highest BCUT2D eigenvalue weighted by Gasteiger charge is 2.21. The summed E-state index contributed by atoms with van der Waals surface area (Å²) in [6.45, 7) is 1.77. The van der Waals surface area contributed by atoms with Crippen LogP contribution >= 0.6 is 0 Å². The fourth-order valence-electron chi connectivity index (χ4n) is 2.10. The van der Waals surface area contributed by atoms with Crippen molar-refractivity contribution in [3.63, 3.8) is 0 Å². The Labute approximate surface area is 148 Å². The van der Waals surface area contributed by atoms with E-state index in [4.69, 9.17) is 5.73 Å². The molecule has 0 fully saturated rings. The quantitative estimate of drug-likeness (QED) is 0.540. The summed E-state index contributed by atoms with van der Waals surface area (Å²) in [5, 5.41) is 2.42. The van der Waals surface area contributed by atoms with E-state index in [1.165, 1.54) is 13.2 Å². The van der Waals surface area contributed by atoms with E-state index in [1.54, 1.807) is 6.92 Å². The van der Waals surface area contributed by atoms with Crippen LogP contribution in [0, 0.1) is 5.82 Å². The molecule has 0 aromatic heterocycles. The van der Waals surface area contributed by atoms with Crippen molar-refractivity contribution >= 4 is 17.6 Å². The van der Waals surface area contributed by atoms with Gasteiger partial charge >= 0.3 is 5.97 Å². The monoisotopic (exact) mass is 371 g/mol. The van der Waals surface area contributed by atoms with E-state index < -0.39 is 29.7 Å². The van der Waals surface area contributed by atoms with Crippen LogP contribution in [-0.4, -0.2) is 44.2 Å². The number of methoxy groups -OCH3 is 1. The van der Waals surface area contributed by atoms with Crippen LogP contribution < -0.4 is 11.1 Å². The number of benzene rings is 1. The first-order chi connectivity index (χ1) is 12.3. The second kappa shape index (κ2) is 10.2. The van der Waals surface area contributed by atoms with Crippen LogP contribution in [0.2, 0.25) is 0 Å². The maximum Gasteiger partial charge on any atom is 0.307 e. The molecule has 0 spiro atoms. The number of halogens is 3. The zero-order valence-corrected chi connectivity index (χ0v) is 14.4. The lowest BCUT2D eigenvalue weighted by Gasteiger charge is -2.12. The molecule has 1 aromatic carbocycles. The Morgan fingerprint density at radius 1 is 1.31 bits per heavy atom. The Kier molecular flexibility index (Phi) is 8.33. The van der Waals surface area contributed by atoms with Crippen molar-refractivity contribution in [1.82, 2.24) is 5.32 Å². The number of nitrogens with one attached hydrogen (secondary N) is 1. The third-order valence-corrected chi connectivity index (χ3v) is 3.28. The fourth-order valence-corrected chi connectivity index (χ4v) is 2.10. The summed E-state index contributed by atoms with van der Waals surface area (Å²) in [6.07, 6.45) is -2.26. The van der Waals surface area contributed by atoms with Crippen molar-refractivity contribution in [1.29, 1.82) is 0 Å². The molecule has 0 saturated heterocycles. The predicted octanol–water partition coefficient (Wildman–Crippen LogP) is 2.04. The molecule has 6 nitrogen and oxygen atoms in total. The summed E-state index contributed by atoms with van der Waals surface area (Å²) in [7, 11) is 1.21. The number of esters is 1. The normalized spacial score (nSPS) is 12.2. The molecule has 1 rings (SSSR count). The molecule has 9 heteroatoms. The van der Waals surface area contributed by atoms with Gasteiger partial charge in [0.25, 0.3) is 12.3 Å². The zero-order valence-electron chi connectivity index (χ0n) is 14.4. The first-order valence-electron chi connectivity index (χ1n) is 7.74. The van der Waals surface area contributed by atoms with Crippen molar-refractivity contribution in [2.75, 3.05) is 20.2 Å². The average molecular weight is 371 g/mol. The minimum atomic E-state index is -2.91. The number of hydrogen-bond acceptors (Lipinski definition) is 5. The van der Waals surface area contributed by atoms with Gasteiger partial charge in [0.05, 0.1) is 24.8 Å². The SMILES string of the molecule is CCN=C(C(=CN)C(F)F)c1cc(F)cc(C(=O)NCCC(=O)OC)c1. The van der Waals surface area contributed by atoms with Crippen LogP contribution in [0.15, 0.2) is 35.0 Å². The van der Waals surface area contributed by atoms with Gasteiger partial charge in [-0.3, -0.25) is 14.6 Å². The highest BCUT2D eigenvalue weighted by molar-refractivity contribution is 6.14. The number of carbonyl (C=O) groups excluding carboxylic acids is 2. The van der Waals surface area contributed by atoms with Gasteiger partial charge in [-0.1, -0.05) is 0 Å². The molecule has 0 unspecified atom stereocenters. The largest absolute Gasteiger partial charge is 0.469 e. The summed E-state index contributed by atoms with van der Waals surface area (Å²) >= 11 is 0. The Hall–Kier alpha value is -2.84. The van der Waals surface area contributed by atoms with Crippen LogP contribution in [0.1, 0.15) is 29.3 Å². The molecule has 0 bridgehead atoms. The molecule has 142 valence electrons. The van der Waals surface area contributed by atoms with Gasteiger partial charge in [-0.15, -0.1) is 0 Å². The molecular weight excluding hydrogens is 351 g/mol. The van der Waals surface area contributed by atoms with E-state index in [1.807, 2.05) is 0 Å². The molecule has 0 atom stereocenters. The first kappa shape index (κ1) is 21.2. The molecule has 0 aliphatic heterocycles. The second-order valence-electron chi connectivity index (χ2n) is 5.06. The highest BCUT2D eigenvalue weighted by atomic mass is 19.3. The molecule has 26 heavy (non-hydrogen) atoms. The molecule has 0 heterocycles. The molecule has 1 amide bonds. The lowest BCUT2D eigenvalue weighted by Crippen LogP contribution is -2.27. The Bertz CT molecular complexity index is 718. The summed E-state index contributed by atoms with van der Waals surface area (Å²) in [5.74, 6) is -1.98. The number of nitrogens with zero attached hydrogens (tertiary/aromatic N) is 1. The first-order valence-corrected chi connectivity index (χ1v) is 7.74. The Balaban J connectivity index is 3.13. The number of allylic oxidation sites excluding steroid dienone is 1. The van der Waals surface area contributed by atoms with Gasteiger partial charge in [0.2, 0.25) is 0 Å². The summed E-state index contributed by atoms with van der Waals surface area (Å²) in [6, 6.07) is 3.18. The van der Waals surface area contributed by atoms with Gasteiger partial charge in [-0.2, -0.15) is 0 Å². The smallest absolute Gasteiger partial charge is 0.307 e. The van der Waals surface area contributed by atoms with Gasteiger partial charge in [0.1, 0.15) is 5.82 Å². The van der Waals surface area contributed by atoms with Gasteiger partial charge in [-0.25, -0.2) is 13.2 Å². The zero-order chi connectivity index (χ0) is 19.7. The topological polar surface area (TPSA) is 93.8 Å². The minimum absolute atomic E-state index is 0.00182. The summed E-state index contributed by atoms with van der Waals surface area (Å²) in [5.41, 5.74) is 4.40. The van der Waals surface area contributed by atoms with Crippen LogP contribution in [0.3, 0.4) is 0 Å². The molecule has 0 radical (unpaired) electrons. The molecule has 1 aromatic rings. The minimum Gasteiger partial charge on any atom is -0.469 e. The Morgan fingerprint density at radius 3 is 2.50 bits per heavy atom. The van der Waals surface area contributed by atoms with E-state index in [9.17, 15) is 22.8 Å². The van der Waals surface area contributed by atoms with Gasteiger partial charge in [0.15, 0.2) is 0 Å². The number of hydrogen-bond donors (Lipinski definition) is 2. The van der Waals surface area contributed by atoms with Gasteiger partial charge < -0.3 is 15.8 Å². The van der Waals surface area contributed by atoms with Crippen molar-refractivity contribution in [2.24, 2.45) is 10.7 Å². The number of nitrogens with two attached hydrogens (primary N) is 1. The maximum atomic E-state index is 13.9. The third kappa shape index (κ3) is 5.91. The number of ether oxygens (including phenoxy) is 1. The highest BCUT2D eigenvalue weighted by Crippen LogP contribution is 2.19. The maximum absolute atomic E-state index is 13.9. The van der Waals surface area contributed by atoms with E-state index in [0.29, 0.717) is 6.20 Å². The van der Waals surface area contributed by atoms with Crippen molar-refractivity contribution < 1.29 is 27.5 Å². The predicted molar refractivity (Wildman–Crippen MR) is 90.7 cm³/mol. The van der Waals surface area contributed by atoms with Crippen LogP contribution in [0.4, 0.5) is 13.2 Å². The third-order valence-electron chi connectivity index (χ3n) is 3.28. The van der Waals surface area contributed by atoms with E-state index >= 15 is 0 Å². The Morgan fingerprint density at radius 2 is 1.96 bits per heavy atom.